The Morgan fingerprint density at radius 1 is 1.26 bits per heavy atom. The summed E-state index contributed by atoms with van der Waals surface area (Å²) >= 11 is 1.59. The van der Waals surface area contributed by atoms with E-state index in [1.165, 1.54) is 0 Å². The number of urea groups is 1. The zero-order valence-corrected chi connectivity index (χ0v) is 11.2. The van der Waals surface area contributed by atoms with Gasteiger partial charge in [0.1, 0.15) is 0 Å². The molecule has 0 bridgehead atoms. The number of hydrogen-bond acceptors (Lipinski definition) is 3. The second-order valence-corrected chi connectivity index (χ2v) is 4.88. The molecule has 2 amide bonds. The smallest absolute Gasteiger partial charge is 0.315 e. The van der Waals surface area contributed by atoms with Crippen molar-refractivity contribution >= 4 is 17.4 Å². The maximum atomic E-state index is 11.8. The van der Waals surface area contributed by atoms with Crippen molar-refractivity contribution in [2.45, 2.75) is 12.6 Å². The van der Waals surface area contributed by atoms with E-state index in [0.29, 0.717) is 6.54 Å². The lowest BCUT2D eigenvalue weighted by molar-refractivity contribution is 0.216. The number of aliphatic hydroxyl groups is 1. The standard InChI is InChI=1S/C14H16N2O2S/c17-9-13(12-4-2-1-3-5-12)16-14(18)15-8-11-6-7-19-10-11/h1-7,10,13,17H,8-9H2,(H2,15,16,18)/t13-/m1/s1. The molecule has 100 valence electrons. The predicted molar refractivity (Wildman–Crippen MR) is 76.0 cm³/mol. The van der Waals surface area contributed by atoms with Gasteiger partial charge in [-0.15, -0.1) is 0 Å². The number of amides is 2. The van der Waals surface area contributed by atoms with Gasteiger partial charge in [0.15, 0.2) is 0 Å². The third-order valence-electron chi connectivity index (χ3n) is 2.72. The Morgan fingerprint density at radius 3 is 2.68 bits per heavy atom. The molecule has 1 aromatic carbocycles. The highest BCUT2D eigenvalue weighted by Crippen LogP contribution is 2.11. The summed E-state index contributed by atoms with van der Waals surface area (Å²) < 4.78 is 0. The highest BCUT2D eigenvalue weighted by Gasteiger charge is 2.12. The van der Waals surface area contributed by atoms with E-state index in [4.69, 9.17) is 0 Å². The van der Waals surface area contributed by atoms with Gasteiger partial charge in [0.2, 0.25) is 0 Å². The Hall–Kier alpha value is -1.85. The zero-order valence-electron chi connectivity index (χ0n) is 10.4. The summed E-state index contributed by atoms with van der Waals surface area (Å²) in [6.07, 6.45) is 0. The number of thiophene rings is 1. The molecule has 3 N–H and O–H groups in total. The second kappa shape index (κ2) is 6.92. The number of carbonyl (C=O) groups excluding carboxylic acids is 1. The van der Waals surface area contributed by atoms with Crippen LogP contribution in [0.15, 0.2) is 47.2 Å². The lowest BCUT2D eigenvalue weighted by Gasteiger charge is -2.17. The first-order valence-electron chi connectivity index (χ1n) is 6.01. The van der Waals surface area contributed by atoms with Gasteiger partial charge in [-0.25, -0.2) is 4.79 Å². The van der Waals surface area contributed by atoms with Crippen molar-refractivity contribution in [1.82, 2.24) is 10.6 Å². The minimum absolute atomic E-state index is 0.129. The van der Waals surface area contributed by atoms with Crippen molar-refractivity contribution in [2.75, 3.05) is 6.61 Å². The average Bonchev–Trinajstić information content (AvgIpc) is 2.97. The largest absolute Gasteiger partial charge is 0.394 e. The average molecular weight is 276 g/mol. The summed E-state index contributed by atoms with van der Waals surface area (Å²) in [7, 11) is 0. The molecule has 0 unspecified atom stereocenters. The summed E-state index contributed by atoms with van der Waals surface area (Å²) in [5, 5.41) is 18.8. The molecular formula is C14H16N2O2S. The summed E-state index contributed by atoms with van der Waals surface area (Å²) in [5.41, 5.74) is 1.95. The van der Waals surface area contributed by atoms with Crippen molar-refractivity contribution in [3.63, 3.8) is 0 Å². The monoisotopic (exact) mass is 276 g/mol. The summed E-state index contributed by atoms with van der Waals surface area (Å²) in [6.45, 7) is 0.359. The molecule has 0 aliphatic carbocycles. The molecule has 0 fully saturated rings. The highest BCUT2D eigenvalue weighted by molar-refractivity contribution is 7.07. The molecule has 5 heteroatoms. The maximum absolute atomic E-state index is 11.8. The Balaban J connectivity index is 1.86. The quantitative estimate of drug-likeness (QED) is 0.784. The Kier molecular flexibility index (Phi) is 4.94. The van der Waals surface area contributed by atoms with E-state index in [-0.39, 0.29) is 18.7 Å². The van der Waals surface area contributed by atoms with Crippen LogP contribution in [0.2, 0.25) is 0 Å². The number of hydrogen-bond donors (Lipinski definition) is 3. The van der Waals surface area contributed by atoms with Crippen LogP contribution in [0.1, 0.15) is 17.2 Å². The van der Waals surface area contributed by atoms with E-state index in [0.717, 1.165) is 11.1 Å². The third-order valence-corrected chi connectivity index (χ3v) is 3.46. The lowest BCUT2D eigenvalue weighted by Crippen LogP contribution is -2.38. The van der Waals surface area contributed by atoms with Gasteiger partial charge in [-0.2, -0.15) is 11.3 Å². The molecule has 0 aliphatic heterocycles. The number of nitrogens with one attached hydrogen (secondary N) is 2. The van der Waals surface area contributed by atoms with E-state index < -0.39 is 0 Å². The molecule has 1 aromatic heterocycles. The van der Waals surface area contributed by atoms with E-state index in [1.807, 2.05) is 47.2 Å². The molecule has 1 atom stereocenters. The molecule has 4 nitrogen and oxygen atoms in total. The van der Waals surface area contributed by atoms with Crippen LogP contribution in [0.25, 0.3) is 0 Å². The summed E-state index contributed by atoms with van der Waals surface area (Å²) in [6, 6.07) is 10.7. The van der Waals surface area contributed by atoms with Gasteiger partial charge in [-0.05, 0) is 28.0 Å². The Labute approximate surface area is 116 Å². The molecule has 0 aliphatic rings. The zero-order chi connectivity index (χ0) is 13.5. The van der Waals surface area contributed by atoms with Crippen LogP contribution in [0.3, 0.4) is 0 Å². The fourth-order valence-corrected chi connectivity index (χ4v) is 2.37. The SMILES string of the molecule is O=C(NCc1ccsc1)N[C@H](CO)c1ccccc1. The first kappa shape index (κ1) is 13.6. The van der Waals surface area contributed by atoms with Crippen molar-refractivity contribution in [2.24, 2.45) is 0 Å². The predicted octanol–water partition coefficient (Wildman–Crippen LogP) is 2.28. The molecule has 1 heterocycles. The molecule has 0 saturated heterocycles. The summed E-state index contributed by atoms with van der Waals surface area (Å²) in [4.78, 5) is 11.8. The topological polar surface area (TPSA) is 61.4 Å². The fourth-order valence-electron chi connectivity index (χ4n) is 1.70. The normalized spacial score (nSPS) is 11.8. The van der Waals surface area contributed by atoms with E-state index in [9.17, 15) is 9.90 Å². The van der Waals surface area contributed by atoms with Gasteiger partial charge >= 0.3 is 6.03 Å². The van der Waals surface area contributed by atoms with Crippen molar-refractivity contribution in [3.05, 3.63) is 58.3 Å². The molecule has 19 heavy (non-hydrogen) atoms. The summed E-state index contributed by atoms with van der Waals surface area (Å²) in [5.74, 6) is 0. The highest BCUT2D eigenvalue weighted by atomic mass is 32.1. The van der Waals surface area contributed by atoms with Crippen molar-refractivity contribution in [1.29, 1.82) is 0 Å². The van der Waals surface area contributed by atoms with E-state index in [2.05, 4.69) is 10.6 Å². The van der Waals surface area contributed by atoms with Crippen LogP contribution in [0, 0.1) is 0 Å². The molecule has 2 aromatic rings. The van der Waals surface area contributed by atoms with E-state index >= 15 is 0 Å². The number of aliphatic hydroxyl groups excluding tert-OH is 1. The van der Waals surface area contributed by atoms with Crippen molar-refractivity contribution in [3.8, 4) is 0 Å². The van der Waals surface area contributed by atoms with Gasteiger partial charge in [0.05, 0.1) is 12.6 Å². The maximum Gasteiger partial charge on any atom is 0.315 e. The van der Waals surface area contributed by atoms with Crippen molar-refractivity contribution < 1.29 is 9.90 Å². The fraction of sp³-hybridized carbons (Fsp3) is 0.214. The van der Waals surface area contributed by atoms with Crippen LogP contribution in [0.4, 0.5) is 4.79 Å². The van der Waals surface area contributed by atoms with Crippen LogP contribution in [-0.2, 0) is 6.54 Å². The van der Waals surface area contributed by atoms with Crippen LogP contribution in [0.5, 0.6) is 0 Å². The Bertz CT molecular complexity index is 499. The molecule has 0 spiro atoms. The number of carbonyl (C=O) groups is 1. The second-order valence-electron chi connectivity index (χ2n) is 4.10. The number of rotatable bonds is 5. The Morgan fingerprint density at radius 2 is 2.05 bits per heavy atom. The molecule has 0 saturated carbocycles. The molecule has 0 radical (unpaired) electrons. The minimum Gasteiger partial charge on any atom is -0.394 e. The van der Waals surface area contributed by atoms with Crippen LogP contribution in [-0.4, -0.2) is 17.7 Å². The first-order valence-corrected chi connectivity index (χ1v) is 6.95. The molecular weight excluding hydrogens is 260 g/mol. The van der Waals surface area contributed by atoms with Gasteiger partial charge in [-0.1, -0.05) is 30.3 Å². The van der Waals surface area contributed by atoms with Gasteiger partial charge < -0.3 is 15.7 Å². The van der Waals surface area contributed by atoms with Gasteiger partial charge in [0.25, 0.3) is 0 Å². The third kappa shape index (κ3) is 4.08. The van der Waals surface area contributed by atoms with Crippen LogP contribution < -0.4 is 10.6 Å². The van der Waals surface area contributed by atoms with Gasteiger partial charge in [0, 0.05) is 6.54 Å². The lowest BCUT2D eigenvalue weighted by atomic mass is 10.1. The van der Waals surface area contributed by atoms with Crippen LogP contribution >= 0.6 is 11.3 Å². The van der Waals surface area contributed by atoms with E-state index in [1.54, 1.807) is 11.3 Å². The first-order chi connectivity index (χ1) is 9.29. The number of benzene rings is 1. The van der Waals surface area contributed by atoms with Gasteiger partial charge in [-0.3, -0.25) is 0 Å². The molecule has 2 rings (SSSR count). The minimum atomic E-state index is -0.385.